The Balaban J connectivity index is 2.67. The standard InChI is InChI=1S/C9H11BrN2O/c10-8-1-2-11-9(7-8)12-3-5-13-6-4-12/h1-2,7H,3-6H2/i3D2,4D2,5D2,6D2. The summed E-state index contributed by atoms with van der Waals surface area (Å²) in [6.07, 6.45) is 1.27. The van der Waals surface area contributed by atoms with Crippen molar-refractivity contribution in [2.75, 3.05) is 31.0 Å². The molecule has 2 heterocycles. The van der Waals surface area contributed by atoms with Gasteiger partial charge >= 0.3 is 0 Å². The number of aromatic nitrogens is 1. The van der Waals surface area contributed by atoms with Gasteiger partial charge in [-0.3, -0.25) is 0 Å². The summed E-state index contributed by atoms with van der Waals surface area (Å²) in [5.74, 6) is -0.254. The van der Waals surface area contributed by atoms with Gasteiger partial charge in [0.25, 0.3) is 0 Å². The zero-order valence-corrected chi connectivity index (χ0v) is 8.00. The summed E-state index contributed by atoms with van der Waals surface area (Å²) in [5, 5.41) is 0. The van der Waals surface area contributed by atoms with Gasteiger partial charge in [-0.2, -0.15) is 0 Å². The minimum Gasteiger partial charge on any atom is -0.378 e. The number of nitrogens with zero attached hydrogens (tertiary/aromatic N) is 2. The van der Waals surface area contributed by atoms with Crippen molar-refractivity contribution in [3.8, 4) is 0 Å². The van der Waals surface area contributed by atoms with Crippen LogP contribution in [0.25, 0.3) is 0 Å². The van der Waals surface area contributed by atoms with Gasteiger partial charge in [-0.15, -0.1) is 0 Å². The summed E-state index contributed by atoms with van der Waals surface area (Å²) in [6, 6.07) is 2.80. The van der Waals surface area contributed by atoms with E-state index in [1.165, 1.54) is 18.3 Å². The van der Waals surface area contributed by atoms with Gasteiger partial charge in [-0.25, -0.2) is 4.98 Å². The molecule has 1 aliphatic rings. The number of hydrogen-bond donors (Lipinski definition) is 0. The van der Waals surface area contributed by atoms with Crippen LogP contribution in [0.1, 0.15) is 11.0 Å². The number of anilines is 1. The Kier molecular flexibility index (Phi) is 1.10. The van der Waals surface area contributed by atoms with Gasteiger partial charge < -0.3 is 9.64 Å². The zero-order chi connectivity index (χ0) is 16.3. The van der Waals surface area contributed by atoms with E-state index in [1.807, 2.05) is 0 Å². The fraction of sp³-hybridized carbons (Fsp3) is 0.444. The maximum absolute atomic E-state index is 7.86. The molecule has 0 radical (unpaired) electrons. The third-order valence-electron chi connectivity index (χ3n) is 1.35. The van der Waals surface area contributed by atoms with E-state index in [0.29, 0.717) is 9.37 Å². The number of halogens is 1. The van der Waals surface area contributed by atoms with Crippen LogP contribution in [0, 0.1) is 0 Å². The Hall–Kier alpha value is -0.610. The average molecular weight is 251 g/mol. The highest BCUT2D eigenvalue weighted by molar-refractivity contribution is 9.10. The van der Waals surface area contributed by atoms with Crippen LogP contribution < -0.4 is 4.90 Å². The highest BCUT2D eigenvalue weighted by atomic mass is 79.9. The van der Waals surface area contributed by atoms with Gasteiger partial charge in [-0.05, 0) is 12.1 Å². The Morgan fingerprint density at radius 3 is 3.00 bits per heavy atom. The molecule has 0 aromatic carbocycles. The SMILES string of the molecule is [2H]C1([2H])OC([2H])([2H])C([2H])([2H])N(c2cc(Br)ccn2)C1([2H])[2H]. The first-order valence-corrected chi connectivity index (χ1v) is 4.24. The third kappa shape index (κ3) is 2.19. The molecule has 0 bridgehead atoms. The van der Waals surface area contributed by atoms with E-state index in [-0.39, 0.29) is 5.82 Å². The number of ether oxygens (including phenoxy) is 1. The minimum atomic E-state index is -3.08. The highest BCUT2D eigenvalue weighted by Gasteiger charge is 2.11. The molecule has 1 saturated heterocycles. The predicted molar refractivity (Wildman–Crippen MR) is 55.0 cm³/mol. The average Bonchev–Trinajstić information content (AvgIpc) is 2.24. The molecule has 0 saturated carbocycles. The van der Waals surface area contributed by atoms with Crippen molar-refractivity contribution in [2.24, 2.45) is 0 Å². The first kappa shape index (κ1) is 3.51. The van der Waals surface area contributed by atoms with Crippen LogP contribution in [-0.4, -0.2) is 31.1 Å². The second-order valence-electron chi connectivity index (χ2n) is 2.20. The van der Waals surface area contributed by atoms with E-state index in [9.17, 15) is 0 Å². The molecule has 4 heteroatoms. The van der Waals surface area contributed by atoms with Crippen molar-refractivity contribution in [3.05, 3.63) is 22.8 Å². The van der Waals surface area contributed by atoms with Crippen LogP contribution in [0.2, 0.25) is 0 Å². The van der Waals surface area contributed by atoms with Crippen molar-refractivity contribution >= 4 is 21.7 Å². The second kappa shape index (κ2) is 4.07. The molecule has 0 aliphatic carbocycles. The van der Waals surface area contributed by atoms with Crippen LogP contribution in [0.15, 0.2) is 22.8 Å². The molecule has 1 aromatic rings. The van der Waals surface area contributed by atoms with Gasteiger partial charge in [0.05, 0.1) is 24.1 Å². The molecule has 1 aliphatic heterocycles. The molecule has 2 rings (SSSR count). The summed E-state index contributed by atoms with van der Waals surface area (Å²) in [7, 11) is 0. The summed E-state index contributed by atoms with van der Waals surface area (Å²) in [5.41, 5.74) is 0. The van der Waals surface area contributed by atoms with E-state index in [2.05, 4.69) is 25.7 Å². The van der Waals surface area contributed by atoms with E-state index in [4.69, 9.17) is 11.0 Å². The van der Waals surface area contributed by atoms with E-state index < -0.39 is 26.1 Å². The molecule has 1 fully saturated rings. The summed E-state index contributed by atoms with van der Waals surface area (Å²) in [6.45, 7) is -12.1. The Morgan fingerprint density at radius 2 is 2.31 bits per heavy atom. The molecule has 13 heavy (non-hydrogen) atoms. The number of rotatable bonds is 1. The Morgan fingerprint density at radius 1 is 1.54 bits per heavy atom. The van der Waals surface area contributed by atoms with Gasteiger partial charge in [0, 0.05) is 23.7 Å². The lowest BCUT2D eigenvalue weighted by Gasteiger charge is -2.27. The van der Waals surface area contributed by atoms with Gasteiger partial charge in [0.2, 0.25) is 0 Å². The molecule has 70 valence electrons. The Bertz CT molecular complexity index is 540. The van der Waals surface area contributed by atoms with E-state index in [0.717, 1.165) is 0 Å². The van der Waals surface area contributed by atoms with Crippen LogP contribution in [0.3, 0.4) is 0 Å². The van der Waals surface area contributed by atoms with Crippen molar-refractivity contribution < 1.29 is 15.7 Å². The molecule has 0 spiro atoms. The fourth-order valence-electron chi connectivity index (χ4n) is 0.821. The molecule has 0 N–H and O–H groups in total. The highest BCUT2D eigenvalue weighted by Crippen LogP contribution is 2.17. The number of pyridine rings is 1. The van der Waals surface area contributed by atoms with Crippen LogP contribution in [0.4, 0.5) is 5.82 Å². The van der Waals surface area contributed by atoms with E-state index in [1.54, 1.807) is 0 Å². The molecular formula is C9H11BrN2O. The third-order valence-corrected chi connectivity index (χ3v) is 1.85. The second-order valence-corrected chi connectivity index (χ2v) is 3.11. The normalized spacial score (nSPS) is 42.1. The largest absolute Gasteiger partial charge is 0.378 e. The lowest BCUT2D eigenvalue weighted by molar-refractivity contribution is 0.122. The van der Waals surface area contributed by atoms with Gasteiger partial charge in [0.15, 0.2) is 0 Å². The van der Waals surface area contributed by atoms with E-state index >= 15 is 0 Å². The Labute approximate surface area is 97.1 Å². The summed E-state index contributed by atoms with van der Waals surface area (Å²) < 4.78 is 66.6. The monoisotopic (exact) mass is 250 g/mol. The fourth-order valence-corrected chi connectivity index (χ4v) is 1.14. The number of morpholine rings is 1. The van der Waals surface area contributed by atoms with Crippen molar-refractivity contribution in [1.82, 2.24) is 4.98 Å². The predicted octanol–water partition coefficient (Wildman–Crippen LogP) is 1.68. The number of hydrogen-bond acceptors (Lipinski definition) is 3. The summed E-state index contributed by atoms with van der Waals surface area (Å²) >= 11 is 3.13. The van der Waals surface area contributed by atoms with Crippen molar-refractivity contribution in [2.45, 2.75) is 0 Å². The van der Waals surface area contributed by atoms with Crippen molar-refractivity contribution in [1.29, 1.82) is 0 Å². The minimum absolute atomic E-state index is 0.254. The zero-order valence-electron chi connectivity index (χ0n) is 14.4. The van der Waals surface area contributed by atoms with Crippen LogP contribution >= 0.6 is 15.9 Å². The topological polar surface area (TPSA) is 25.4 Å². The molecule has 0 unspecified atom stereocenters. The first-order valence-electron chi connectivity index (χ1n) is 7.45. The smallest absolute Gasteiger partial charge is 0.129 e. The van der Waals surface area contributed by atoms with Crippen molar-refractivity contribution in [3.63, 3.8) is 0 Å². The maximum atomic E-state index is 7.86. The molecule has 0 atom stereocenters. The van der Waals surface area contributed by atoms with Gasteiger partial charge in [-0.1, -0.05) is 15.9 Å². The lowest BCUT2D eigenvalue weighted by Crippen LogP contribution is -2.36. The van der Waals surface area contributed by atoms with Crippen LogP contribution in [0.5, 0.6) is 0 Å². The molecule has 3 nitrogen and oxygen atoms in total. The molecule has 1 aromatic heterocycles. The quantitative estimate of drug-likeness (QED) is 0.759. The first-order chi connectivity index (χ1) is 9.33. The van der Waals surface area contributed by atoms with Gasteiger partial charge in [0.1, 0.15) is 5.82 Å². The van der Waals surface area contributed by atoms with Crippen LogP contribution in [-0.2, 0) is 4.74 Å². The molecule has 0 amide bonds. The molecular weight excluding hydrogens is 232 g/mol. The lowest BCUT2D eigenvalue weighted by atomic mass is 10.4. The summed E-state index contributed by atoms with van der Waals surface area (Å²) in [4.78, 5) is 4.14. The maximum Gasteiger partial charge on any atom is 0.129 e.